The van der Waals surface area contributed by atoms with Gasteiger partial charge in [-0.2, -0.15) is 13.2 Å². The normalized spacial score (nSPS) is 21.7. The lowest BCUT2D eigenvalue weighted by Gasteiger charge is -2.26. The highest BCUT2D eigenvalue weighted by Gasteiger charge is 2.29. The van der Waals surface area contributed by atoms with Crippen LogP contribution in [0.2, 0.25) is 0 Å². The van der Waals surface area contributed by atoms with Crippen LogP contribution in [0, 0.1) is 5.92 Å². The van der Waals surface area contributed by atoms with Gasteiger partial charge >= 0.3 is 12.2 Å². The summed E-state index contributed by atoms with van der Waals surface area (Å²) in [6.45, 7) is 2.63. The highest BCUT2D eigenvalue weighted by atomic mass is 19.4. The van der Waals surface area contributed by atoms with Gasteiger partial charge in [0.2, 0.25) is 0 Å². The second kappa shape index (κ2) is 7.70. The Kier molecular flexibility index (Phi) is 5.91. The molecule has 0 bridgehead atoms. The van der Waals surface area contributed by atoms with Crippen molar-refractivity contribution in [2.24, 2.45) is 5.92 Å². The third-order valence-electron chi connectivity index (χ3n) is 4.33. The Hall–Kier alpha value is -1.72. The van der Waals surface area contributed by atoms with Gasteiger partial charge in [-0.05, 0) is 55.7 Å². The van der Waals surface area contributed by atoms with Gasteiger partial charge in [-0.25, -0.2) is 4.79 Å². The lowest BCUT2D eigenvalue weighted by Crippen LogP contribution is -2.44. The third kappa shape index (κ3) is 5.77. The standard InChI is InChI=1S/C17H23F3N2O/c1-12-2-8-15(9-3-12)22-16(23)21-11-10-13-4-6-14(7-5-13)17(18,19)20/h4-7,12,15H,2-3,8-11H2,1H3,(H2,21,22,23). The number of alkyl halides is 3. The summed E-state index contributed by atoms with van der Waals surface area (Å²) >= 11 is 0. The first-order valence-corrected chi connectivity index (χ1v) is 8.05. The molecule has 1 aromatic carbocycles. The monoisotopic (exact) mass is 328 g/mol. The van der Waals surface area contributed by atoms with E-state index in [1.54, 1.807) is 0 Å². The summed E-state index contributed by atoms with van der Waals surface area (Å²) in [5.74, 6) is 0.732. The minimum absolute atomic E-state index is 0.198. The summed E-state index contributed by atoms with van der Waals surface area (Å²) in [6, 6.07) is 5.07. The molecule has 2 rings (SSSR count). The molecular weight excluding hydrogens is 305 g/mol. The molecule has 0 atom stereocenters. The molecule has 128 valence electrons. The van der Waals surface area contributed by atoms with Crippen LogP contribution < -0.4 is 10.6 Å². The van der Waals surface area contributed by atoms with Crippen molar-refractivity contribution in [3.05, 3.63) is 35.4 Å². The van der Waals surface area contributed by atoms with E-state index >= 15 is 0 Å². The van der Waals surface area contributed by atoms with Crippen molar-refractivity contribution in [2.75, 3.05) is 6.54 Å². The lowest BCUT2D eigenvalue weighted by molar-refractivity contribution is -0.137. The van der Waals surface area contributed by atoms with E-state index < -0.39 is 11.7 Å². The van der Waals surface area contributed by atoms with E-state index in [4.69, 9.17) is 0 Å². The zero-order valence-electron chi connectivity index (χ0n) is 13.2. The molecule has 23 heavy (non-hydrogen) atoms. The summed E-state index contributed by atoms with van der Waals surface area (Å²) in [5.41, 5.74) is 0.114. The second-order valence-electron chi connectivity index (χ2n) is 6.30. The number of carbonyl (C=O) groups is 1. The van der Waals surface area contributed by atoms with E-state index in [9.17, 15) is 18.0 Å². The first-order chi connectivity index (χ1) is 10.8. The molecule has 0 spiro atoms. The maximum atomic E-state index is 12.5. The van der Waals surface area contributed by atoms with Gasteiger partial charge < -0.3 is 10.6 Å². The zero-order chi connectivity index (χ0) is 16.9. The van der Waals surface area contributed by atoms with Gasteiger partial charge in [0, 0.05) is 12.6 Å². The van der Waals surface area contributed by atoms with Crippen LogP contribution in [-0.2, 0) is 12.6 Å². The number of amides is 2. The molecule has 1 fully saturated rings. The van der Waals surface area contributed by atoms with E-state index in [1.165, 1.54) is 12.1 Å². The Morgan fingerprint density at radius 1 is 1.13 bits per heavy atom. The van der Waals surface area contributed by atoms with Gasteiger partial charge in [-0.3, -0.25) is 0 Å². The van der Waals surface area contributed by atoms with Gasteiger partial charge in [0.15, 0.2) is 0 Å². The molecular formula is C17H23F3N2O. The predicted octanol–water partition coefficient (Wildman–Crippen LogP) is 4.13. The van der Waals surface area contributed by atoms with Crippen LogP contribution in [-0.4, -0.2) is 18.6 Å². The van der Waals surface area contributed by atoms with Crippen molar-refractivity contribution in [2.45, 2.75) is 51.2 Å². The first-order valence-electron chi connectivity index (χ1n) is 8.05. The van der Waals surface area contributed by atoms with E-state index in [-0.39, 0.29) is 12.1 Å². The Balaban J connectivity index is 1.69. The van der Waals surface area contributed by atoms with Crippen molar-refractivity contribution < 1.29 is 18.0 Å². The third-order valence-corrected chi connectivity index (χ3v) is 4.33. The Labute approximate surface area is 134 Å². The molecule has 0 unspecified atom stereocenters. The maximum Gasteiger partial charge on any atom is 0.416 e. The summed E-state index contributed by atoms with van der Waals surface area (Å²) in [6.07, 6.45) is 0.482. The molecule has 0 heterocycles. The molecule has 1 aliphatic carbocycles. The highest BCUT2D eigenvalue weighted by molar-refractivity contribution is 5.74. The molecule has 2 N–H and O–H groups in total. The molecule has 0 saturated heterocycles. The van der Waals surface area contributed by atoms with Gasteiger partial charge in [-0.15, -0.1) is 0 Å². The average molecular weight is 328 g/mol. The minimum Gasteiger partial charge on any atom is -0.338 e. The predicted molar refractivity (Wildman–Crippen MR) is 83.1 cm³/mol. The van der Waals surface area contributed by atoms with E-state index in [2.05, 4.69) is 17.6 Å². The van der Waals surface area contributed by atoms with E-state index in [1.807, 2.05) is 0 Å². The quantitative estimate of drug-likeness (QED) is 0.857. The summed E-state index contributed by atoms with van der Waals surface area (Å²) in [7, 11) is 0. The van der Waals surface area contributed by atoms with Crippen LogP contribution in [0.3, 0.4) is 0 Å². The van der Waals surface area contributed by atoms with Crippen molar-refractivity contribution in [3.63, 3.8) is 0 Å². The van der Waals surface area contributed by atoms with Crippen LogP contribution >= 0.6 is 0 Å². The van der Waals surface area contributed by atoms with Gasteiger partial charge in [0.25, 0.3) is 0 Å². The number of rotatable bonds is 4. The van der Waals surface area contributed by atoms with E-state index in [0.29, 0.717) is 13.0 Å². The number of halogens is 3. The highest BCUT2D eigenvalue weighted by Crippen LogP contribution is 2.29. The Bertz CT molecular complexity index is 506. The summed E-state index contributed by atoms with van der Waals surface area (Å²) < 4.78 is 37.4. The fourth-order valence-electron chi connectivity index (χ4n) is 2.82. The number of urea groups is 1. The average Bonchev–Trinajstić information content (AvgIpc) is 2.49. The molecule has 1 aromatic rings. The zero-order valence-corrected chi connectivity index (χ0v) is 13.2. The molecule has 6 heteroatoms. The number of benzene rings is 1. The smallest absolute Gasteiger partial charge is 0.338 e. The molecule has 3 nitrogen and oxygen atoms in total. The molecule has 0 aliphatic heterocycles. The summed E-state index contributed by atoms with van der Waals surface area (Å²) in [5, 5.41) is 5.72. The number of nitrogens with one attached hydrogen (secondary N) is 2. The Morgan fingerprint density at radius 2 is 1.74 bits per heavy atom. The van der Waals surface area contributed by atoms with Crippen LogP contribution in [0.1, 0.15) is 43.7 Å². The van der Waals surface area contributed by atoms with Crippen molar-refractivity contribution >= 4 is 6.03 Å². The van der Waals surface area contributed by atoms with Crippen molar-refractivity contribution in [1.82, 2.24) is 10.6 Å². The molecule has 0 radical (unpaired) electrons. The Morgan fingerprint density at radius 3 is 2.30 bits per heavy atom. The SMILES string of the molecule is CC1CCC(NC(=O)NCCc2ccc(C(F)(F)F)cc2)CC1. The fraction of sp³-hybridized carbons (Fsp3) is 0.588. The van der Waals surface area contributed by atoms with Gasteiger partial charge in [-0.1, -0.05) is 19.1 Å². The summed E-state index contributed by atoms with van der Waals surface area (Å²) in [4.78, 5) is 11.8. The van der Waals surface area contributed by atoms with Crippen LogP contribution in [0.15, 0.2) is 24.3 Å². The van der Waals surface area contributed by atoms with Gasteiger partial charge in [0.1, 0.15) is 0 Å². The number of hydrogen-bond acceptors (Lipinski definition) is 1. The van der Waals surface area contributed by atoms with Crippen molar-refractivity contribution in [3.8, 4) is 0 Å². The van der Waals surface area contributed by atoms with Crippen LogP contribution in [0.4, 0.5) is 18.0 Å². The van der Waals surface area contributed by atoms with E-state index in [0.717, 1.165) is 49.3 Å². The van der Waals surface area contributed by atoms with Crippen LogP contribution in [0.5, 0.6) is 0 Å². The topological polar surface area (TPSA) is 41.1 Å². The molecule has 1 saturated carbocycles. The molecule has 2 amide bonds. The second-order valence-corrected chi connectivity index (χ2v) is 6.30. The fourth-order valence-corrected chi connectivity index (χ4v) is 2.82. The molecule has 1 aliphatic rings. The largest absolute Gasteiger partial charge is 0.416 e. The number of carbonyl (C=O) groups excluding carboxylic acids is 1. The lowest BCUT2D eigenvalue weighted by atomic mass is 9.87. The minimum atomic E-state index is -4.31. The van der Waals surface area contributed by atoms with Crippen molar-refractivity contribution in [1.29, 1.82) is 0 Å². The van der Waals surface area contributed by atoms with Crippen LogP contribution in [0.25, 0.3) is 0 Å². The maximum absolute atomic E-state index is 12.5. The number of hydrogen-bond donors (Lipinski definition) is 2. The molecule has 0 aromatic heterocycles. The van der Waals surface area contributed by atoms with Gasteiger partial charge in [0.05, 0.1) is 5.56 Å². The first kappa shape index (κ1) is 17.6.